The molecule has 0 aliphatic rings. The molecule has 1 nitrogen and oxygen atoms in total. The van der Waals surface area contributed by atoms with Crippen molar-refractivity contribution in [3.8, 4) is 0 Å². The fourth-order valence-corrected chi connectivity index (χ4v) is 4.36. The first kappa shape index (κ1) is 12.9. The minimum Gasteiger partial charge on any atom is -0.312 e. The Hall–Kier alpha value is -1.16. The van der Waals surface area contributed by atoms with Crippen molar-refractivity contribution >= 4 is 32.8 Å². The van der Waals surface area contributed by atoms with E-state index in [2.05, 4.69) is 54.0 Å². The molecule has 3 aromatic rings. The van der Waals surface area contributed by atoms with Gasteiger partial charge < -0.3 is 5.32 Å². The van der Waals surface area contributed by atoms with Gasteiger partial charge in [-0.05, 0) is 54.9 Å². The highest BCUT2D eigenvalue weighted by atomic mass is 32.1. The van der Waals surface area contributed by atoms with Crippen LogP contribution in [0.5, 0.6) is 0 Å². The third kappa shape index (κ3) is 2.59. The van der Waals surface area contributed by atoms with E-state index in [-0.39, 0.29) is 0 Å². The second-order valence-electron chi connectivity index (χ2n) is 4.75. The van der Waals surface area contributed by atoms with Crippen LogP contribution in [-0.4, -0.2) is 7.05 Å². The molecule has 0 fully saturated rings. The van der Waals surface area contributed by atoms with Crippen molar-refractivity contribution in [1.29, 1.82) is 0 Å². The Morgan fingerprint density at radius 3 is 2.74 bits per heavy atom. The van der Waals surface area contributed by atoms with Gasteiger partial charge >= 0.3 is 0 Å². The lowest BCUT2D eigenvalue weighted by molar-refractivity contribution is 0.605. The third-order valence-corrected chi connectivity index (χ3v) is 5.56. The van der Waals surface area contributed by atoms with Gasteiger partial charge in [0.05, 0.1) is 0 Å². The standard InChI is InChI=1S/C16H17NS2/c1-11-7-8-16(19-11)14(17-2)9-12-10-18-15-6-4-3-5-13(12)15/h3-8,10,14,17H,9H2,1-2H3. The molecule has 0 aliphatic carbocycles. The zero-order chi connectivity index (χ0) is 13.2. The first-order valence-electron chi connectivity index (χ1n) is 6.46. The number of rotatable bonds is 4. The maximum absolute atomic E-state index is 3.45. The molecule has 1 aromatic carbocycles. The summed E-state index contributed by atoms with van der Waals surface area (Å²) in [5.74, 6) is 0. The van der Waals surface area contributed by atoms with Gasteiger partial charge in [-0.2, -0.15) is 0 Å². The number of thiophene rings is 2. The van der Waals surface area contributed by atoms with Gasteiger partial charge in [0.15, 0.2) is 0 Å². The Bertz CT molecular complexity index is 681. The number of aryl methyl sites for hydroxylation is 1. The van der Waals surface area contributed by atoms with Gasteiger partial charge in [0.25, 0.3) is 0 Å². The monoisotopic (exact) mass is 287 g/mol. The van der Waals surface area contributed by atoms with Crippen molar-refractivity contribution in [3.05, 3.63) is 57.1 Å². The Morgan fingerprint density at radius 1 is 1.16 bits per heavy atom. The van der Waals surface area contributed by atoms with Crippen LogP contribution in [0.1, 0.15) is 21.4 Å². The van der Waals surface area contributed by atoms with Crippen LogP contribution >= 0.6 is 22.7 Å². The third-order valence-electron chi connectivity index (χ3n) is 3.44. The van der Waals surface area contributed by atoms with Gasteiger partial charge in [-0.1, -0.05) is 18.2 Å². The van der Waals surface area contributed by atoms with Crippen LogP contribution in [0.2, 0.25) is 0 Å². The van der Waals surface area contributed by atoms with E-state index in [1.165, 1.54) is 25.4 Å². The second kappa shape index (κ2) is 5.45. The number of hydrogen-bond acceptors (Lipinski definition) is 3. The van der Waals surface area contributed by atoms with Crippen molar-refractivity contribution in [1.82, 2.24) is 5.32 Å². The zero-order valence-electron chi connectivity index (χ0n) is 11.1. The second-order valence-corrected chi connectivity index (χ2v) is 6.98. The number of hydrogen-bond donors (Lipinski definition) is 1. The van der Waals surface area contributed by atoms with Gasteiger partial charge in [0, 0.05) is 20.5 Å². The molecule has 98 valence electrons. The molecule has 0 bridgehead atoms. The quantitative estimate of drug-likeness (QED) is 0.728. The van der Waals surface area contributed by atoms with Crippen molar-refractivity contribution in [3.63, 3.8) is 0 Å². The first-order chi connectivity index (χ1) is 9.28. The molecule has 0 radical (unpaired) electrons. The molecule has 0 spiro atoms. The van der Waals surface area contributed by atoms with Crippen LogP contribution in [0.15, 0.2) is 41.8 Å². The Kier molecular flexibility index (Phi) is 3.69. The molecule has 3 rings (SSSR count). The van der Waals surface area contributed by atoms with E-state index in [0.29, 0.717) is 6.04 Å². The smallest absolute Gasteiger partial charge is 0.0453 e. The Balaban J connectivity index is 1.90. The van der Waals surface area contributed by atoms with E-state index in [4.69, 9.17) is 0 Å². The van der Waals surface area contributed by atoms with Gasteiger partial charge in [-0.15, -0.1) is 22.7 Å². The summed E-state index contributed by atoms with van der Waals surface area (Å²) in [6.07, 6.45) is 1.06. The molecule has 1 unspecified atom stereocenters. The maximum Gasteiger partial charge on any atom is 0.0453 e. The summed E-state index contributed by atoms with van der Waals surface area (Å²) in [4.78, 5) is 2.81. The molecule has 1 atom stereocenters. The molecule has 2 aromatic heterocycles. The number of fused-ring (bicyclic) bond motifs is 1. The zero-order valence-corrected chi connectivity index (χ0v) is 12.8. The average molecular weight is 287 g/mol. The van der Waals surface area contributed by atoms with Gasteiger partial charge in [0.2, 0.25) is 0 Å². The molecule has 0 amide bonds. The molecule has 0 saturated heterocycles. The van der Waals surface area contributed by atoms with Crippen LogP contribution < -0.4 is 5.32 Å². The van der Waals surface area contributed by atoms with Crippen molar-refractivity contribution in [2.45, 2.75) is 19.4 Å². The lowest BCUT2D eigenvalue weighted by Crippen LogP contribution is -2.17. The van der Waals surface area contributed by atoms with Gasteiger partial charge in [-0.3, -0.25) is 0 Å². The predicted molar refractivity (Wildman–Crippen MR) is 86.4 cm³/mol. The van der Waals surface area contributed by atoms with E-state index < -0.39 is 0 Å². The molecular formula is C16H17NS2. The lowest BCUT2D eigenvalue weighted by Gasteiger charge is -2.14. The van der Waals surface area contributed by atoms with Crippen LogP contribution in [0, 0.1) is 6.92 Å². The summed E-state index contributed by atoms with van der Waals surface area (Å²) < 4.78 is 1.38. The average Bonchev–Trinajstić information content (AvgIpc) is 3.03. The van der Waals surface area contributed by atoms with Crippen LogP contribution in [-0.2, 0) is 6.42 Å². The fraction of sp³-hybridized carbons (Fsp3) is 0.250. The van der Waals surface area contributed by atoms with Crippen molar-refractivity contribution in [2.75, 3.05) is 7.05 Å². The Morgan fingerprint density at radius 2 is 2.00 bits per heavy atom. The molecule has 19 heavy (non-hydrogen) atoms. The number of benzene rings is 1. The first-order valence-corrected chi connectivity index (χ1v) is 8.16. The van der Waals surface area contributed by atoms with E-state index in [0.717, 1.165) is 6.42 Å². The van der Waals surface area contributed by atoms with Crippen LogP contribution in [0.25, 0.3) is 10.1 Å². The van der Waals surface area contributed by atoms with Crippen LogP contribution in [0.4, 0.5) is 0 Å². The molecular weight excluding hydrogens is 270 g/mol. The highest BCUT2D eigenvalue weighted by Gasteiger charge is 2.14. The summed E-state index contributed by atoms with van der Waals surface area (Å²) >= 11 is 3.73. The van der Waals surface area contributed by atoms with Gasteiger partial charge in [-0.25, -0.2) is 0 Å². The summed E-state index contributed by atoms with van der Waals surface area (Å²) in [5, 5.41) is 7.15. The fourth-order valence-electron chi connectivity index (χ4n) is 2.40. The van der Waals surface area contributed by atoms with Crippen molar-refractivity contribution in [2.24, 2.45) is 0 Å². The molecule has 2 heterocycles. The predicted octanol–water partition coefficient (Wildman–Crippen LogP) is 4.77. The maximum atomic E-state index is 3.45. The SMILES string of the molecule is CNC(Cc1csc2ccccc12)c1ccc(C)s1. The van der Waals surface area contributed by atoms with Gasteiger partial charge in [0.1, 0.15) is 0 Å². The van der Waals surface area contributed by atoms with E-state index in [9.17, 15) is 0 Å². The highest BCUT2D eigenvalue weighted by molar-refractivity contribution is 7.17. The summed E-state index contributed by atoms with van der Waals surface area (Å²) in [6.45, 7) is 2.17. The van der Waals surface area contributed by atoms with Crippen LogP contribution in [0.3, 0.4) is 0 Å². The summed E-state index contributed by atoms with van der Waals surface area (Å²) in [6, 6.07) is 13.5. The molecule has 3 heteroatoms. The molecule has 0 aliphatic heterocycles. The Labute approximate surface area is 121 Å². The summed E-state index contributed by atoms with van der Waals surface area (Å²) in [7, 11) is 2.05. The highest BCUT2D eigenvalue weighted by Crippen LogP contribution is 2.31. The van der Waals surface area contributed by atoms with Crippen molar-refractivity contribution < 1.29 is 0 Å². The minimum atomic E-state index is 0.414. The molecule has 0 saturated carbocycles. The van der Waals surface area contributed by atoms with E-state index in [1.807, 2.05) is 29.7 Å². The normalized spacial score (nSPS) is 12.9. The topological polar surface area (TPSA) is 12.0 Å². The summed E-state index contributed by atoms with van der Waals surface area (Å²) in [5.41, 5.74) is 1.45. The minimum absolute atomic E-state index is 0.414. The number of nitrogens with one attached hydrogen (secondary N) is 1. The largest absolute Gasteiger partial charge is 0.312 e. The van der Waals surface area contributed by atoms with E-state index in [1.54, 1.807) is 0 Å². The van der Waals surface area contributed by atoms with E-state index >= 15 is 0 Å². The molecule has 1 N–H and O–H groups in total. The number of likely N-dealkylation sites (N-methyl/N-ethyl adjacent to an activating group) is 1. The lowest BCUT2D eigenvalue weighted by atomic mass is 10.0.